The molecule has 34 heavy (non-hydrogen) atoms. The van der Waals surface area contributed by atoms with Gasteiger partial charge in [-0.15, -0.1) is 0 Å². The van der Waals surface area contributed by atoms with Gasteiger partial charge in [-0.1, -0.05) is 54.9 Å². The highest BCUT2D eigenvalue weighted by Crippen LogP contribution is 2.21. The quantitative estimate of drug-likeness (QED) is 0.487. The number of nitrogens with one attached hydrogen (secondary N) is 1. The van der Waals surface area contributed by atoms with Crippen molar-refractivity contribution in [3.05, 3.63) is 76.3 Å². The first kappa shape index (κ1) is 26.1. The van der Waals surface area contributed by atoms with Crippen LogP contribution in [0.2, 0.25) is 5.02 Å². The zero-order chi connectivity index (χ0) is 24.5. The van der Waals surface area contributed by atoms with Gasteiger partial charge < -0.3 is 10.6 Å². The molecule has 0 spiro atoms. The van der Waals surface area contributed by atoms with E-state index in [1.807, 2.05) is 59.5 Å². The van der Waals surface area contributed by atoms with E-state index < -0.39 is 17.0 Å². The summed E-state index contributed by atoms with van der Waals surface area (Å²) in [6.07, 6.45) is 4.30. The summed E-state index contributed by atoms with van der Waals surface area (Å²) >= 11 is 6.33. The lowest BCUT2D eigenvalue weighted by atomic mass is 9.98. The summed E-state index contributed by atoms with van der Waals surface area (Å²) in [4.78, 5) is 20.2. The first-order chi connectivity index (χ1) is 16.4. The zero-order valence-corrected chi connectivity index (χ0v) is 21.3. The average Bonchev–Trinajstić information content (AvgIpc) is 2.83. The number of halogens is 1. The maximum absolute atomic E-state index is 13.4. The Morgan fingerprint density at radius 3 is 2.50 bits per heavy atom. The van der Waals surface area contributed by atoms with Gasteiger partial charge >= 0.3 is 0 Å². The minimum atomic E-state index is -1.71. The van der Waals surface area contributed by atoms with E-state index in [-0.39, 0.29) is 5.91 Å². The van der Waals surface area contributed by atoms with Gasteiger partial charge in [0.2, 0.25) is 5.91 Å². The van der Waals surface area contributed by atoms with Crippen molar-refractivity contribution in [3.8, 4) is 0 Å². The predicted octanol–water partition coefficient (Wildman–Crippen LogP) is 4.75. The molecule has 0 saturated carbocycles. The molecule has 6 nitrogen and oxygen atoms in total. The topological polar surface area (TPSA) is 87.8 Å². The van der Waals surface area contributed by atoms with Gasteiger partial charge in [0.05, 0.1) is 22.3 Å². The van der Waals surface area contributed by atoms with Crippen LogP contribution in [0.4, 0.5) is 5.69 Å². The number of rotatable bonds is 9. The Morgan fingerprint density at radius 1 is 1.21 bits per heavy atom. The molecule has 3 N–H and O–H groups in total. The van der Waals surface area contributed by atoms with Gasteiger partial charge in [-0.3, -0.25) is 9.79 Å². The van der Waals surface area contributed by atoms with E-state index in [2.05, 4.69) is 16.6 Å². The monoisotopic (exact) mass is 500 g/mol. The Morgan fingerprint density at radius 2 is 1.85 bits per heavy atom. The largest absolute Gasteiger partial charge is 0.404 e. The van der Waals surface area contributed by atoms with Crippen molar-refractivity contribution in [2.75, 3.05) is 13.1 Å². The molecular formula is C26H33ClN4O2S. The number of likely N-dealkylation sites (tertiary alicyclic amines) is 1. The van der Waals surface area contributed by atoms with Crippen LogP contribution < -0.4 is 10.5 Å². The predicted molar refractivity (Wildman–Crippen MR) is 141 cm³/mol. The molecule has 0 bridgehead atoms. The van der Waals surface area contributed by atoms with Crippen LogP contribution in [0.15, 0.2) is 70.7 Å². The highest BCUT2D eigenvalue weighted by Gasteiger charge is 2.29. The highest BCUT2D eigenvalue weighted by atomic mass is 35.5. The number of nitrogens with zero attached hydrogens (tertiary/aromatic N) is 2. The first-order valence-electron chi connectivity index (χ1n) is 11.6. The summed E-state index contributed by atoms with van der Waals surface area (Å²) < 4.78 is 16.3. The van der Waals surface area contributed by atoms with E-state index in [1.165, 1.54) is 6.20 Å². The van der Waals surface area contributed by atoms with Crippen molar-refractivity contribution in [1.29, 1.82) is 0 Å². The Kier molecular flexibility index (Phi) is 9.86. The van der Waals surface area contributed by atoms with Crippen molar-refractivity contribution in [2.45, 2.75) is 45.6 Å². The lowest BCUT2D eigenvalue weighted by Gasteiger charge is -2.33. The number of aryl methyl sites for hydroxylation is 1. The molecule has 182 valence electrons. The number of benzene rings is 2. The number of piperidine rings is 1. The van der Waals surface area contributed by atoms with E-state index in [9.17, 15) is 9.00 Å². The summed E-state index contributed by atoms with van der Waals surface area (Å²) in [5.41, 5.74) is 8.06. The maximum Gasteiger partial charge on any atom is 0.240 e. The lowest BCUT2D eigenvalue weighted by molar-refractivity contribution is -0.134. The minimum absolute atomic E-state index is 0.0404. The molecule has 3 rings (SSSR count). The van der Waals surface area contributed by atoms with Crippen LogP contribution in [-0.2, 0) is 22.2 Å². The molecule has 8 heteroatoms. The van der Waals surface area contributed by atoms with Crippen molar-refractivity contribution >= 4 is 39.9 Å². The summed E-state index contributed by atoms with van der Waals surface area (Å²) in [5.74, 6) is 0.567. The molecule has 1 aliphatic heterocycles. The molecule has 1 saturated heterocycles. The first-order valence-corrected chi connectivity index (χ1v) is 13.1. The normalized spacial score (nSPS) is 17.4. The standard InChI is InChI=1S/C26H33ClN4O2S/c1-19-14-16-31(17-15-19)26(32)24(13-12-21-8-6-7-11-23(21)27)30-34(33)25(18-28)20(2)29-22-9-4-3-5-10-22/h3-11,18-19,24,30H,12-17,28H2,1-2H3. The second kappa shape index (κ2) is 12.8. The molecule has 2 unspecified atom stereocenters. The van der Waals surface area contributed by atoms with Crippen molar-refractivity contribution in [3.63, 3.8) is 0 Å². The Bertz CT molecular complexity index is 1050. The Hall–Kier alpha value is -2.48. The van der Waals surface area contributed by atoms with Crippen LogP contribution in [0.25, 0.3) is 0 Å². The van der Waals surface area contributed by atoms with Gasteiger partial charge in [-0.05, 0) is 62.3 Å². The van der Waals surface area contributed by atoms with Gasteiger partial charge in [0.1, 0.15) is 11.0 Å². The average molecular weight is 501 g/mol. The van der Waals surface area contributed by atoms with E-state index in [1.54, 1.807) is 6.92 Å². The fourth-order valence-corrected chi connectivity index (χ4v) is 5.22. The van der Waals surface area contributed by atoms with Crippen molar-refractivity contribution in [2.24, 2.45) is 16.6 Å². The molecule has 0 aliphatic carbocycles. The number of hydrogen-bond donors (Lipinski definition) is 2. The van der Waals surface area contributed by atoms with Crippen LogP contribution in [0.3, 0.4) is 0 Å². The molecule has 2 aromatic carbocycles. The van der Waals surface area contributed by atoms with Crippen LogP contribution in [-0.4, -0.2) is 39.9 Å². The lowest BCUT2D eigenvalue weighted by Crippen LogP contribution is -2.50. The van der Waals surface area contributed by atoms with Crippen molar-refractivity contribution < 1.29 is 9.00 Å². The number of para-hydroxylation sites is 1. The fraction of sp³-hybridized carbons (Fsp3) is 0.385. The van der Waals surface area contributed by atoms with Crippen LogP contribution >= 0.6 is 11.6 Å². The number of carbonyl (C=O) groups is 1. The van der Waals surface area contributed by atoms with Gasteiger partial charge in [-0.25, -0.2) is 8.93 Å². The molecule has 1 fully saturated rings. The van der Waals surface area contributed by atoms with Gasteiger partial charge in [0.15, 0.2) is 0 Å². The molecule has 0 aromatic heterocycles. The number of amides is 1. The van der Waals surface area contributed by atoms with E-state index >= 15 is 0 Å². The van der Waals surface area contributed by atoms with Gasteiger partial charge in [0.25, 0.3) is 0 Å². The van der Waals surface area contributed by atoms with Crippen molar-refractivity contribution in [1.82, 2.24) is 9.62 Å². The second-order valence-electron chi connectivity index (χ2n) is 8.64. The number of aliphatic imine (C=N–C) groups is 1. The third-order valence-electron chi connectivity index (χ3n) is 6.06. The van der Waals surface area contributed by atoms with E-state index in [0.717, 1.165) is 24.1 Å². The zero-order valence-electron chi connectivity index (χ0n) is 19.7. The van der Waals surface area contributed by atoms with Crippen LogP contribution in [0.5, 0.6) is 0 Å². The number of hydrogen-bond acceptors (Lipinski definition) is 4. The molecular weight excluding hydrogens is 468 g/mol. The smallest absolute Gasteiger partial charge is 0.240 e. The van der Waals surface area contributed by atoms with E-state index in [4.69, 9.17) is 17.3 Å². The fourth-order valence-electron chi connectivity index (χ4n) is 3.94. The summed E-state index contributed by atoms with van der Waals surface area (Å²) in [6, 6.07) is 16.4. The number of nitrogens with two attached hydrogens (primary N) is 1. The molecule has 1 heterocycles. The third-order valence-corrected chi connectivity index (χ3v) is 7.76. The third kappa shape index (κ3) is 7.26. The molecule has 1 aliphatic rings. The van der Waals surface area contributed by atoms with Crippen LogP contribution in [0, 0.1) is 5.92 Å². The SMILES string of the molecule is CC(=Nc1ccccc1)C(=CN)S(=O)NC(CCc1ccccc1Cl)C(=O)N1CCC(C)CC1. The minimum Gasteiger partial charge on any atom is -0.404 e. The summed E-state index contributed by atoms with van der Waals surface area (Å²) in [5, 5.41) is 0.662. The Balaban J connectivity index is 1.77. The maximum atomic E-state index is 13.4. The molecule has 2 aromatic rings. The van der Waals surface area contributed by atoms with Crippen LogP contribution in [0.1, 0.15) is 38.7 Å². The highest BCUT2D eigenvalue weighted by molar-refractivity contribution is 7.88. The number of carbonyl (C=O) groups excluding carboxylic acids is 1. The number of allylic oxidation sites excluding steroid dienone is 1. The van der Waals surface area contributed by atoms with Gasteiger partial charge in [-0.2, -0.15) is 0 Å². The molecule has 1 amide bonds. The molecule has 0 radical (unpaired) electrons. The van der Waals surface area contributed by atoms with Gasteiger partial charge in [0, 0.05) is 24.3 Å². The van der Waals surface area contributed by atoms with E-state index in [0.29, 0.717) is 47.5 Å². The molecule has 2 atom stereocenters. The summed E-state index contributed by atoms with van der Waals surface area (Å²) in [7, 11) is -1.71. The summed E-state index contributed by atoms with van der Waals surface area (Å²) in [6.45, 7) is 5.39. The second-order valence-corrected chi connectivity index (χ2v) is 10.3. The Labute approximate surface area is 209 Å².